The fraction of sp³-hybridized carbons (Fsp3) is 0.667. The average Bonchev–Trinajstić information content (AvgIpc) is 2.15. The Morgan fingerprint density at radius 2 is 2.06 bits per heavy atom. The predicted molar refractivity (Wildman–Crippen MR) is 67.1 cm³/mol. The van der Waals surface area contributed by atoms with Gasteiger partial charge in [-0.25, -0.2) is 0 Å². The van der Waals surface area contributed by atoms with Gasteiger partial charge in [0.05, 0.1) is 0 Å². The zero-order valence-electron chi connectivity index (χ0n) is 10.8. The maximum atomic E-state index is 12.1. The average molecular weight is 218 g/mol. The number of ketones is 1. The van der Waals surface area contributed by atoms with Gasteiger partial charge >= 0.3 is 0 Å². The van der Waals surface area contributed by atoms with E-state index in [0.717, 1.165) is 12.0 Å². The molecule has 0 heterocycles. The summed E-state index contributed by atoms with van der Waals surface area (Å²) in [6.07, 6.45) is 5.59. The van der Waals surface area contributed by atoms with E-state index < -0.39 is 0 Å². The van der Waals surface area contributed by atoms with Crippen molar-refractivity contribution in [3.05, 3.63) is 22.8 Å². The zero-order valence-corrected chi connectivity index (χ0v) is 10.8. The third-order valence-electron chi connectivity index (χ3n) is 4.21. The van der Waals surface area contributed by atoms with E-state index in [1.54, 1.807) is 0 Å². The summed E-state index contributed by atoms with van der Waals surface area (Å²) < 4.78 is 0. The van der Waals surface area contributed by atoms with Crippen LogP contribution in [0.2, 0.25) is 0 Å². The Hall–Kier alpha value is -0.850. The lowest BCUT2D eigenvalue weighted by atomic mass is 9.64. The summed E-state index contributed by atoms with van der Waals surface area (Å²) >= 11 is 0. The maximum Gasteiger partial charge on any atom is 0.159 e. The summed E-state index contributed by atoms with van der Waals surface area (Å²) in [6.45, 7) is 8.60. The van der Waals surface area contributed by atoms with Crippen LogP contribution in [-0.4, -0.2) is 5.78 Å². The molecular weight excluding hydrogens is 196 g/mol. The lowest BCUT2D eigenvalue weighted by molar-refractivity contribution is -0.119. The predicted octanol–water partition coefficient (Wildman–Crippen LogP) is 3.90. The molecule has 3 atom stereocenters. The minimum Gasteiger partial charge on any atom is -0.295 e. The van der Waals surface area contributed by atoms with Crippen LogP contribution in [0.3, 0.4) is 0 Å². The first-order chi connectivity index (χ1) is 7.50. The second-order valence-corrected chi connectivity index (χ2v) is 5.76. The minimum absolute atomic E-state index is 0.389. The fourth-order valence-corrected chi connectivity index (χ4v) is 3.38. The van der Waals surface area contributed by atoms with Crippen molar-refractivity contribution in [2.24, 2.45) is 17.8 Å². The van der Waals surface area contributed by atoms with Crippen molar-refractivity contribution in [1.82, 2.24) is 0 Å². The number of hydrogen-bond acceptors (Lipinski definition) is 1. The second kappa shape index (κ2) is 4.20. The molecule has 2 aliphatic rings. The largest absolute Gasteiger partial charge is 0.295 e. The van der Waals surface area contributed by atoms with Crippen LogP contribution in [0.1, 0.15) is 47.0 Å². The van der Waals surface area contributed by atoms with Crippen molar-refractivity contribution in [3.8, 4) is 0 Å². The Morgan fingerprint density at radius 1 is 1.38 bits per heavy atom. The number of allylic oxidation sites excluding steroid dienone is 4. The van der Waals surface area contributed by atoms with Gasteiger partial charge in [-0.15, -0.1) is 0 Å². The fourth-order valence-electron chi connectivity index (χ4n) is 3.38. The summed E-state index contributed by atoms with van der Waals surface area (Å²) in [5.74, 6) is 2.06. The molecule has 2 aliphatic carbocycles. The molecule has 0 aliphatic heterocycles. The molecule has 88 valence electrons. The zero-order chi connectivity index (χ0) is 11.9. The van der Waals surface area contributed by atoms with Crippen LogP contribution in [0, 0.1) is 17.8 Å². The highest BCUT2D eigenvalue weighted by Gasteiger charge is 2.38. The molecule has 1 heteroatoms. The van der Waals surface area contributed by atoms with Gasteiger partial charge in [0.15, 0.2) is 5.78 Å². The summed E-state index contributed by atoms with van der Waals surface area (Å²) in [4.78, 5) is 12.1. The van der Waals surface area contributed by atoms with Crippen molar-refractivity contribution < 1.29 is 4.79 Å². The smallest absolute Gasteiger partial charge is 0.159 e. The molecule has 0 spiro atoms. The third kappa shape index (κ3) is 1.88. The lowest BCUT2D eigenvalue weighted by Gasteiger charge is -2.40. The first kappa shape index (κ1) is 11.6. The molecule has 0 aromatic carbocycles. The molecule has 1 nitrogen and oxygen atoms in total. The van der Waals surface area contributed by atoms with Gasteiger partial charge in [0.25, 0.3) is 0 Å². The van der Waals surface area contributed by atoms with Gasteiger partial charge in [-0.3, -0.25) is 4.79 Å². The maximum absolute atomic E-state index is 12.1. The number of carbonyl (C=O) groups excluding carboxylic acids is 1. The van der Waals surface area contributed by atoms with Crippen molar-refractivity contribution in [3.63, 3.8) is 0 Å². The van der Waals surface area contributed by atoms with E-state index >= 15 is 0 Å². The van der Waals surface area contributed by atoms with E-state index in [0.29, 0.717) is 23.5 Å². The molecule has 0 aromatic heterocycles. The molecule has 0 aromatic rings. The molecule has 0 saturated heterocycles. The molecule has 1 saturated carbocycles. The van der Waals surface area contributed by atoms with Crippen molar-refractivity contribution in [2.45, 2.75) is 47.0 Å². The van der Waals surface area contributed by atoms with Gasteiger partial charge in [0, 0.05) is 17.9 Å². The molecule has 0 amide bonds. The van der Waals surface area contributed by atoms with Crippen LogP contribution < -0.4 is 0 Å². The highest BCUT2D eigenvalue weighted by Crippen LogP contribution is 2.44. The van der Waals surface area contributed by atoms with Gasteiger partial charge in [-0.1, -0.05) is 24.1 Å². The van der Waals surface area contributed by atoms with Gasteiger partial charge in [0.2, 0.25) is 0 Å². The highest BCUT2D eigenvalue weighted by molar-refractivity contribution is 5.98. The van der Waals surface area contributed by atoms with Gasteiger partial charge in [0.1, 0.15) is 0 Å². The normalized spacial score (nSPS) is 34.5. The third-order valence-corrected chi connectivity index (χ3v) is 4.21. The van der Waals surface area contributed by atoms with E-state index in [2.05, 4.69) is 33.8 Å². The summed E-state index contributed by atoms with van der Waals surface area (Å²) in [7, 11) is 0. The standard InChI is InChI=1S/C15H22O/c1-9(2)15-13-7-10(3)5-6-12(13)11(4)8-14(15)16/h7,11-13H,5-6,8H2,1-4H3/t11-,12?,13?/m1/s1. The van der Waals surface area contributed by atoms with E-state index in [4.69, 9.17) is 0 Å². The number of rotatable bonds is 0. The number of hydrogen-bond donors (Lipinski definition) is 0. The number of fused-ring (bicyclic) bond motifs is 1. The molecule has 0 radical (unpaired) electrons. The van der Waals surface area contributed by atoms with E-state index in [1.165, 1.54) is 24.0 Å². The van der Waals surface area contributed by atoms with Crippen molar-refractivity contribution >= 4 is 5.78 Å². The van der Waals surface area contributed by atoms with Crippen LogP contribution >= 0.6 is 0 Å². The van der Waals surface area contributed by atoms with E-state index in [9.17, 15) is 4.79 Å². The summed E-state index contributed by atoms with van der Waals surface area (Å²) in [5, 5.41) is 0. The van der Waals surface area contributed by atoms with Crippen LogP contribution in [0.15, 0.2) is 22.8 Å². The van der Waals surface area contributed by atoms with Crippen LogP contribution in [0.5, 0.6) is 0 Å². The number of Topliss-reactive ketones (excluding diaryl/α,β-unsaturated/α-hetero) is 1. The Kier molecular flexibility index (Phi) is 3.05. The second-order valence-electron chi connectivity index (χ2n) is 5.76. The van der Waals surface area contributed by atoms with Gasteiger partial charge in [-0.05, 0) is 45.4 Å². The van der Waals surface area contributed by atoms with E-state index in [-0.39, 0.29) is 0 Å². The Bertz CT molecular complexity index is 369. The van der Waals surface area contributed by atoms with Crippen molar-refractivity contribution in [1.29, 1.82) is 0 Å². The Balaban J connectivity index is 2.43. The molecule has 0 bridgehead atoms. The van der Waals surface area contributed by atoms with E-state index in [1.807, 2.05) is 0 Å². The quantitative estimate of drug-likeness (QED) is 0.445. The molecule has 0 N–H and O–H groups in total. The minimum atomic E-state index is 0.389. The Labute approximate surface area is 98.6 Å². The van der Waals surface area contributed by atoms with Gasteiger partial charge < -0.3 is 0 Å². The first-order valence-electron chi connectivity index (χ1n) is 6.38. The molecule has 16 heavy (non-hydrogen) atoms. The lowest BCUT2D eigenvalue weighted by Crippen LogP contribution is -2.35. The molecule has 1 fully saturated rings. The van der Waals surface area contributed by atoms with Gasteiger partial charge in [-0.2, -0.15) is 0 Å². The number of carbonyl (C=O) groups is 1. The molecule has 2 rings (SSSR count). The first-order valence-corrected chi connectivity index (χ1v) is 6.38. The van der Waals surface area contributed by atoms with Crippen molar-refractivity contribution in [2.75, 3.05) is 0 Å². The summed E-state index contributed by atoms with van der Waals surface area (Å²) in [5.41, 5.74) is 3.79. The molecule has 2 unspecified atom stereocenters. The molecular formula is C15H22O. The topological polar surface area (TPSA) is 17.1 Å². The van der Waals surface area contributed by atoms with Crippen LogP contribution in [0.4, 0.5) is 0 Å². The summed E-state index contributed by atoms with van der Waals surface area (Å²) in [6, 6.07) is 0. The Morgan fingerprint density at radius 3 is 2.69 bits per heavy atom. The SMILES string of the molecule is CC1=CC2C(=C(C)C)C(=O)C[C@@H](C)C2CC1. The monoisotopic (exact) mass is 218 g/mol. The van der Waals surface area contributed by atoms with Crippen LogP contribution in [-0.2, 0) is 4.79 Å². The van der Waals surface area contributed by atoms with Crippen LogP contribution in [0.25, 0.3) is 0 Å². The highest BCUT2D eigenvalue weighted by atomic mass is 16.1.